The van der Waals surface area contributed by atoms with Crippen molar-refractivity contribution in [3.63, 3.8) is 0 Å². The average molecular weight is 241 g/mol. The molecule has 0 spiro atoms. The molecule has 0 aliphatic carbocycles. The van der Waals surface area contributed by atoms with Crippen LogP contribution < -0.4 is 4.74 Å². The Bertz CT molecular complexity index is 324. The molecule has 2 heteroatoms. The van der Waals surface area contributed by atoms with Gasteiger partial charge in [0.15, 0.2) is 0 Å². The summed E-state index contributed by atoms with van der Waals surface area (Å²) in [6.07, 6.45) is 1.03. The fourth-order valence-corrected chi connectivity index (χ4v) is 2.60. The predicted molar refractivity (Wildman–Crippen MR) is 70.8 cm³/mol. The fraction of sp³-hybridized carbons (Fsp3) is 0.571. The number of aryl methyl sites for hydroxylation is 2. The second kappa shape index (κ2) is 6.15. The standard InChI is InChI=1S/C14H21ClO/c1-5-16-13-8-11(3)14(12(4)9-13)10(2)6-7-15/h8-10H,5-7H2,1-4H3. The zero-order valence-electron chi connectivity index (χ0n) is 10.6. The number of benzene rings is 1. The van der Waals surface area contributed by atoms with Gasteiger partial charge in [0.1, 0.15) is 5.75 Å². The van der Waals surface area contributed by atoms with Crippen molar-refractivity contribution in [2.45, 2.75) is 40.0 Å². The maximum Gasteiger partial charge on any atom is 0.119 e. The highest BCUT2D eigenvalue weighted by molar-refractivity contribution is 6.17. The molecule has 0 amide bonds. The minimum Gasteiger partial charge on any atom is -0.494 e. The third-order valence-electron chi connectivity index (χ3n) is 2.91. The normalized spacial score (nSPS) is 12.6. The van der Waals surface area contributed by atoms with Crippen molar-refractivity contribution in [2.24, 2.45) is 0 Å². The number of ether oxygens (including phenoxy) is 1. The lowest BCUT2D eigenvalue weighted by atomic mass is 9.90. The first-order valence-electron chi connectivity index (χ1n) is 5.90. The molecule has 0 radical (unpaired) electrons. The third-order valence-corrected chi connectivity index (χ3v) is 3.13. The van der Waals surface area contributed by atoms with Crippen LogP contribution in [0.3, 0.4) is 0 Å². The molecular weight excluding hydrogens is 220 g/mol. The van der Waals surface area contributed by atoms with Crippen molar-refractivity contribution in [3.05, 3.63) is 28.8 Å². The van der Waals surface area contributed by atoms with Crippen LogP contribution >= 0.6 is 11.6 Å². The average Bonchev–Trinajstić information content (AvgIpc) is 2.17. The molecule has 1 atom stereocenters. The first kappa shape index (κ1) is 13.4. The van der Waals surface area contributed by atoms with Gasteiger partial charge in [-0.2, -0.15) is 0 Å². The van der Waals surface area contributed by atoms with E-state index in [-0.39, 0.29) is 0 Å². The number of rotatable bonds is 5. The molecule has 1 nitrogen and oxygen atoms in total. The predicted octanol–water partition coefficient (Wildman–Crippen LogP) is 4.43. The van der Waals surface area contributed by atoms with Gasteiger partial charge in [-0.15, -0.1) is 11.6 Å². The van der Waals surface area contributed by atoms with E-state index in [0.29, 0.717) is 11.8 Å². The zero-order valence-corrected chi connectivity index (χ0v) is 11.4. The first-order chi connectivity index (χ1) is 7.60. The Labute approximate surface area is 104 Å². The van der Waals surface area contributed by atoms with Crippen LogP contribution in [0.2, 0.25) is 0 Å². The highest BCUT2D eigenvalue weighted by atomic mass is 35.5. The minimum absolute atomic E-state index is 0.521. The summed E-state index contributed by atoms with van der Waals surface area (Å²) in [5.74, 6) is 2.21. The molecule has 0 saturated heterocycles. The fourth-order valence-electron chi connectivity index (χ4n) is 2.27. The topological polar surface area (TPSA) is 9.23 Å². The van der Waals surface area contributed by atoms with Crippen molar-refractivity contribution in [1.29, 1.82) is 0 Å². The maximum absolute atomic E-state index is 5.81. The molecule has 1 aromatic rings. The molecular formula is C14H21ClO. The van der Waals surface area contributed by atoms with Gasteiger partial charge in [-0.1, -0.05) is 6.92 Å². The van der Waals surface area contributed by atoms with Crippen LogP contribution in [0.4, 0.5) is 0 Å². The van der Waals surface area contributed by atoms with Gasteiger partial charge < -0.3 is 4.74 Å². The van der Waals surface area contributed by atoms with Gasteiger partial charge in [0.25, 0.3) is 0 Å². The summed E-state index contributed by atoms with van der Waals surface area (Å²) in [5.41, 5.74) is 4.03. The molecule has 0 aliphatic heterocycles. The van der Waals surface area contributed by atoms with Crippen molar-refractivity contribution in [3.8, 4) is 5.75 Å². The summed E-state index contributed by atoms with van der Waals surface area (Å²) in [4.78, 5) is 0. The summed E-state index contributed by atoms with van der Waals surface area (Å²) < 4.78 is 5.54. The lowest BCUT2D eigenvalue weighted by Crippen LogP contribution is -2.02. The van der Waals surface area contributed by atoms with Gasteiger partial charge in [0.05, 0.1) is 6.61 Å². The van der Waals surface area contributed by atoms with E-state index in [1.807, 2.05) is 6.92 Å². The minimum atomic E-state index is 0.521. The summed E-state index contributed by atoms with van der Waals surface area (Å²) in [6, 6.07) is 4.24. The Morgan fingerprint density at radius 2 is 1.81 bits per heavy atom. The van der Waals surface area contributed by atoms with E-state index in [1.165, 1.54) is 16.7 Å². The largest absolute Gasteiger partial charge is 0.494 e. The Balaban J connectivity index is 3.02. The second-order valence-corrected chi connectivity index (χ2v) is 4.66. The quantitative estimate of drug-likeness (QED) is 0.692. The number of alkyl halides is 1. The Kier molecular flexibility index (Phi) is 5.14. The summed E-state index contributed by atoms with van der Waals surface area (Å²) >= 11 is 5.81. The van der Waals surface area contributed by atoms with Gasteiger partial charge in [-0.05, 0) is 61.9 Å². The van der Waals surface area contributed by atoms with Crippen LogP contribution in [0.25, 0.3) is 0 Å². The monoisotopic (exact) mass is 240 g/mol. The Hall–Kier alpha value is -0.690. The Morgan fingerprint density at radius 1 is 1.25 bits per heavy atom. The summed E-state index contributed by atoms with van der Waals surface area (Å²) in [6.45, 7) is 9.26. The van der Waals surface area contributed by atoms with Gasteiger partial charge in [0.2, 0.25) is 0 Å². The summed E-state index contributed by atoms with van der Waals surface area (Å²) in [7, 11) is 0. The van der Waals surface area contributed by atoms with Crippen LogP contribution in [-0.4, -0.2) is 12.5 Å². The number of halogens is 1. The van der Waals surface area contributed by atoms with Crippen LogP contribution in [0.1, 0.15) is 42.9 Å². The third kappa shape index (κ3) is 3.15. The van der Waals surface area contributed by atoms with Crippen LogP contribution in [0.15, 0.2) is 12.1 Å². The van der Waals surface area contributed by atoms with Crippen molar-refractivity contribution < 1.29 is 4.74 Å². The molecule has 1 aromatic carbocycles. The molecule has 0 heterocycles. The van der Waals surface area contributed by atoms with E-state index in [2.05, 4.69) is 32.9 Å². The van der Waals surface area contributed by atoms with Gasteiger partial charge >= 0.3 is 0 Å². The lowest BCUT2D eigenvalue weighted by molar-refractivity contribution is 0.339. The highest BCUT2D eigenvalue weighted by Gasteiger charge is 2.12. The SMILES string of the molecule is CCOc1cc(C)c(C(C)CCCl)c(C)c1. The van der Waals surface area contributed by atoms with Crippen molar-refractivity contribution >= 4 is 11.6 Å². The molecule has 1 unspecified atom stereocenters. The van der Waals surface area contributed by atoms with E-state index in [0.717, 1.165) is 18.8 Å². The van der Waals surface area contributed by atoms with E-state index < -0.39 is 0 Å². The van der Waals surface area contributed by atoms with Gasteiger partial charge in [-0.25, -0.2) is 0 Å². The Morgan fingerprint density at radius 3 is 2.25 bits per heavy atom. The van der Waals surface area contributed by atoms with Gasteiger partial charge in [-0.3, -0.25) is 0 Å². The zero-order chi connectivity index (χ0) is 12.1. The molecule has 0 aliphatic rings. The lowest BCUT2D eigenvalue weighted by Gasteiger charge is -2.18. The molecule has 0 fully saturated rings. The highest BCUT2D eigenvalue weighted by Crippen LogP contribution is 2.30. The molecule has 90 valence electrons. The van der Waals surface area contributed by atoms with Crippen LogP contribution in [-0.2, 0) is 0 Å². The molecule has 0 bridgehead atoms. The van der Waals surface area contributed by atoms with Crippen LogP contribution in [0.5, 0.6) is 5.75 Å². The van der Waals surface area contributed by atoms with E-state index in [9.17, 15) is 0 Å². The van der Waals surface area contributed by atoms with Gasteiger partial charge in [0, 0.05) is 5.88 Å². The molecule has 16 heavy (non-hydrogen) atoms. The number of hydrogen-bond acceptors (Lipinski definition) is 1. The van der Waals surface area contributed by atoms with E-state index in [4.69, 9.17) is 16.3 Å². The molecule has 0 saturated carbocycles. The van der Waals surface area contributed by atoms with E-state index in [1.54, 1.807) is 0 Å². The smallest absolute Gasteiger partial charge is 0.119 e. The molecule has 1 rings (SSSR count). The summed E-state index contributed by atoms with van der Waals surface area (Å²) in [5, 5.41) is 0. The van der Waals surface area contributed by atoms with Crippen molar-refractivity contribution in [1.82, 2.24) is 0 Å². The molecule has 0 aromatic heterocycles. The second-order valence-electron chi connectivity index (χ2n) is 4.28. The first-order valence-corrected chi connectivity index (χ1v) is 6.43. The van der Waals surface area contributed by atoms with Crippen molar-refractivity contribution in [2.75, 3.05) is 12.5 Å². The van der Waals surface area contributed by atoms with E-state index >= 15 is 0 Å². The molecule has 0 N–H and O–H groups in total. The maximum atomic E-state index is 5.81. The van der Waals surface area contributed by atoms with Crippen LogP contribution in [0, 0.1) is 13.8 Å². The number of hydrogen-bond donors (Lipinski definition) is 0.